The van der Waals surface area contributed by atoms with Gasteiger partial charge in [-0.3, -0.25) is 4.79 Å². The molecule has 0 radical (unpaired) electrons. The van der Waals surface area contributed by atoms with Gasteiger partial charge >= 0.3 is 0 Å². The fourth-order valence-corrected chi connectivity index (χ4v) is 5.66. The first-order valence-electron chi connectivity index (χ1n) is 6.88. The molecular formula is C14H18N2O3S2. The Labute approximate surface area is 129 Å². The standard InChI is InChI=1S/C14H18N2O3S2/c1-21(18,19)13-9-20-7-6-16(13)14(17)12-8-10-4-2-3-5-11(10)15-12/h2-5,12-13,15H,6-9H2,1H3/t12-,13?/m0/s1. The van der Waals surface area contributed by atoms with Crippen molar-refractivity contribution in [2.45, 2.75) is 17.8 Å². The van der Waals surface area contributed by atoms with E-state index in [1.807, 2.05) is 24.3 Å². The fraction of sp³-hybridized carbons (Fsp3) is 0.500. The number of amides is 1. The molecule has 1 N–H and O–H groups in total. The number of thioether (sulfide) groups is 1. The van der Waals surface area contributed by atoms with Gasteiger partial charge in [-0.25, -0.2) is 8.42 Å². The molecule has 7 heteroatoms. The number of benzene rings is 1. The number of anilines is 1. The zero-order chi connectivity index (χ0) is 15.0. The molecule has 114 valence electrons. The van der Waals surface area contributed by atoms with Crippen LogP contribution in [0.15, 0.2) is 24.3 Å². The van der Waals surface area contributed by atoms with Crippen molar-refractivity contribution in [1.29, 1.82) is 0 Å². The Kier molecular flexibility index (Phi) is 3.88. The summed E-state index contributed by atoms with van der Waals surface area (Å²) in [6, 6.07) is 7.47. The van der Waals surface area contributed by atoms with Crippen LogP contribution in [0.1, 0.15) is 5.56 Å². The molecule has 1 unspecified atom stereocenters. The SMILES string of the molecule is CS(=O)(=O)C1CSCCN1C(=O)[C@@H]1Cc2ccccc2N1. The van der Waals surface area contributed by atoms with E-state index in [-0.39, 0.29) is 11.9 Å². The van der Waals surface area contributed by atoms with Gasteiger partial charge in [0.2, 0.25) is 5.91 Å². The molecule has 1 fully saturated rings. The minimum atomic E-state index is -3.26. The van der Waals surface area contributed by atoms with Gasteiger partial charge < -0.3 is 10.2 Å². The maximum absolute atomic E-state index is 12.7. The molecular weight excluding hydrogens is 308 g/mol. The normalized spacial score (nSPS) is 25.3. The summed E-state index contributed by atoms with van der Waals surface area (Å²) in [6.07, 6.45) is 1.83. The van der Waals surface area contributed by atoms with E-state index < -0.39 is 15.2 Å². The summed E-state index contributed by atoms with van der Waals surface area (Å²) in [5.41, 5.74) is 2.08. The third kappa shape index (κ3) is 2.89. The van der Waals surface area contributed by atoms with E-state index in [0.717, 1.165) is 17.0 Å². The molecule has 5 nitrogen and oxygen atoms in total. The number of nitrogens with zero attached hydrogens (tertiary/aromatic N) is 1. The summed E-state index contributed by atoms with van der Waals surface area (Å²) < 4.78 is 23.8. The van der Waals surface area contributed by atoms with Crippen LogP contribution in [-0.2, 0) is 21.1 Å². The van der Waals surface area contributed by atoms with Crippen LogP contribution < -0.4 is 5.32 Å². The summed E-state index contributed by atoms with van der Waals surface area (Å²) in [5, 5.41) is 2.51. The van der Waals surface area contributed by atoms with E-state index in [2.05, 4.69) is 5.32 Å². The Balaban J connectivity index is 1.79. The lowest BCUT2D eigenvalue weighted by molar-refractivity contribution is -0.132. The molecule has 2 atom stereocenters. The fourth-order valence-electron chi connectivity index (χ4n) is 2.83. The lowest BCUT2D eigenvalue weighted by atomic mass is 10.1. The molecule has 0 spiro atoms. The second-order valence-corrected chi connectivity index (χ2v) is 8.80. The van der Waals surface area contributed by atoms with Gasteiger partial charge in [-0.15, -0.1) is 0 Å². The number of hydrogen-bond donors (Lipinski definition) is 1. The largest absolute Gasteiger partial charge is 0.373 e. The molecule has 0 saturated carbocycles. The highest BCUT2D eigenvalue weighted by atomic mass is 32.2. The Morgan fingerprint density at radius 1 is 1.38 bits per heavy atom. The van der Waals surface area contributed by atoms with Crippen molar-refractivity contribution >= 4 is 33.2 Å². The number of nitrogens with one attached hydrogen (secondary N) is 1. The maximum atomic E-state index is 12.7. The summed E-state index contributed by atoms with van der Waals surface area (Å²) in [4.78, 5) is 14.3. The van der Waals surface area contributed by atoms with Gasteiger partial charge in [0.05, 0.1) is 0 Å². The average molecular weight is 326 g/mol. The Morgan fingerprint density at radius 3 is 2.86 bits per heavy atom. The Morgan fingerprint density at radius 2 is 2.14 bits per heavy atom. The number of fused-ring (bicyclic) bond motifs is 1. The number of para-hydroxylation sites is 1. The van der Waals surface area contributed by atoms with Crippen LogP contribution in [0.4, 0.5) is 5.69 Å². The minimum absolute atomic E-state index is 0.109. The number of carbonyl (C=O) groups excluding carboxylic acids is 1. The first-order chi connectivity index (χ1) is 9.97. The lowest BCUT2D eigenvalue weighted by Gasteiger charge is -2.35. The van der Waals surface area contributed by atoms with Crippen molar-refractivity contribution in [3.8, 4) is 0 Å². The second-order valence-electron chi connectivity index (χ2n) is 5.45. The lowest BCUT2D eigenvalue weighted by Crippen LogP contribution is -2.54. The Bertz CT molecular complexity index is 635. The van der Waals surface area contributed by atoms with Crippen molar-refractivity contribution in [2.24, 2.45) is 0 Å². The molecule has 3 rings (SSSR count). The molecule has 0 aromatic heterocycles. The van der Waals surface area contributed by atoms with Crippen molar-refractivity contribution in [2.75, 3.05) is 29.6 Å². The molecule has 0 bridgehead atoms. The zero-order valence-corrected chi connectivity index (χ0v) is 13.4. The van der Waals surface area contributed by atoms with Crippen molar-refractivity contribution in [3.63, 3.8) is 0 Å². The van der Waals surface area contributed by atoms with Gasteiger partial charge in [-0.1, -0.05) is 18.2 Å². The number of carbonyl (C=O) groups is 1. The van der Waals surface area contributed by atoms with E-state index in [4.69, 9.17) is 0 Å². The molecule has 2 heterocycles. The second kappa shape index (κ2) is 5.53. The van der Waals surface area contributed by atoms with Crippen molar-refractivity contribution in [3.05, 3.63) is 29.8 Å². The molecule has 1 aromatic carbocycles. The number of rotatable bonds is 2. The van der Waals surface area contributed by atoms with Gasteiger partial charge in [0.25, 0.3) is 0 Å². The molecule has 1 amide bonds. The minimum Gasteiger partial charge on any atom is -0.373 e. The monoisotopic (exact) mass is 326 g/mol. The van der Waals surface area contributed by atoms with E-state index in [1.54, 1.807) is 11.8 Å². The van der Waals surface area contributed by atoms with E-state index in [0.29, 0.717) is 18.7 Å². The van der Waals surface area contributed by atoms with Gasteiger partial charge in [0.1, 0.15) is 11.4 Å². The van der Waals surface area contributed by atoms with Crippen LogP contribution in [0.5, 0.6) is 0 Å². The quantitative estimate of drug-likeness (QED) is 0.877. The van der Waals surface area contributed by atoms with Crippen LogP contribution in [-0.4, -0.2) is 54.9 Å². The maximum Gasteiger partial charge on any atom is 0.246 e. The average Bonchev–Trinajstić information content (AvgIpc) is 2.89. The van der Waals surface area contributed by atoms with Gasteiger partial charge in [0.15, 0.2) is 9.84 Å². The van der Waals surface area contributed by atoms with Crippen LogP contribution in [0, 0.1) is 0 Å². The number of hydrogen-bond acceptors (Lipinski definition) is 5. The van der Waals surface area contributed by atoms with Crippen LogP contribution in [0.3, 0.4) is 0 Å². The predicted octanol–water partition coefficient (Wildman–Crippen LogP) is 0.969. The highest BCUT2D eigenvalue weighted by molar-refractivity contribution is 8.00. The molecule has 21 heavy (non-hydrogen) atoms. The molecule has 1 saturated heterocycles. The van der Waals surface area contributed by atoms with Crippen molar-refractivity contribution < 1.29 is 13.2 Å². The first-order valence-corrected chi connectivity index (χ1v) is 9.99. The summed E-state index contributed by atoms with van der Waals surface area (Å²) in [5.74, 6) is 1.14. The predicted molar refractivity (Wildman–Crippen MR) is 85.2 cm³/mol. The van der Waals surface area contributed by atoms with Gasteiger partial charge in [-0.2, -0.15) is 11.8 Å². The summed E-state index contributed by atoms with van der Waals surface area (Å²) in [7, 11) is -3.26. The van der Waals surface area contributed by atoms with Gasteiger partial charge in [-0.05, 0) is 11.6 Å². The number of sulfone groups is 1. The molecule has 2 aliphatic rings. The molecule has 0 aliphatic carbocycles. The first kappa shape index (κ1) is 14.7. The Hall–Kier alpha value is -1.21. The van der Waals surface area contributed by atoms with E-state index >= 15 is 0 Å². The summed E-state index contributed by atoms with van der Waals surface area (Å²) >= 11 is 1.59. The summed E-state index contributed by atoms with van der Waals surface area (Å²) in [6.45, 7) is 0.496. The van der Waals surface area contributed by atoms with E-state index in [9.17, 15) is 13.2 Å². The van der Waals surface area contributed by atoms with Crippen LogP contribution in [0.25, 0.3) is 0 Å². The van der Waals surface area contributed by atoms with E-state index in [1.165, 1.54) is 11.2 Å². The van der Waals surface area contributed by atoms with Crippen molar-refractivity contribution in [1.82, 2.24) is 4.90 Å². The topological polar surface area (TPSA) is 66.5 Å². The van der Waals surface area contributed by atoms with Crippen LogP contribution >= 0.6 is 11.8 Å². The smallest absolute Gasteiger partial charge is 0.246 e. The highest BCUT2D eigenvalue weighted by Crippen LogP contribution is 2.28. The zero-order valence-electron chi connectivity index (χ0n) is 11.8. The third-order valence-electron chi connectivity index (χ3n) is 3.93. The molecule has 2 aliphatic heterocycles. The highest BCUT2D eigenvalue weighted by Gasteiger charge is 2.38. The van der Waals surface area contributed by atoms with Crippen LogP contribution in [0.2, 0.25) is 0 Å². The third-order valence-corrected chi connectivity index (χ3v) is 6.57. The molecule has 1 aromatic rings. The van der Waals surface area contributed by atoms with Gasteiger partial charge in [0, 0.05) is 36.4 Å².